The molecule has 0 aliphatic rings. The number of rotatable bonds is 9. The molecule has 0 fully saturated rings. The van der Waals surface area contributed by atoms with Crippen molar-refractivity contribution in [2.75, 3.05) is 5.32 Å². The Morgan fingerprint density at radius 2 is 1.92 bits per heavy atom. The van der Waals surface area contributed by atoms with Gasteiger partial charge in [0.15, 0.2) is 5.13 Å². The van der Waals surface area contributed by atoms with E-state index in [1.807, 2.05) is 0 Å². The lowest BCUT2D eigenvalue weighted by Gasteiger charge is -2.09. The number of anilines is 2. The van der Waals surface area contributed by atoms with Gasteiger partial charge in [0.25, 0.3) is 0 Å². The highest BCUT2D eigenvalue weighted by Crippen LogP contribution is 2.32. The molecule has 0 atom stereocenters. The first kappa shape index (κ1) is 27.1. The predicted molar refractivity (Wildman–Crippen MR) is 138 cm³/mol. The van der Waals surface area contributed by atoms with Crippen LogP contribution in [-0.2, 0) is 24.0 Å². The van der Waals surface area contributed by atoms with Gasteiger partial charge in [-0.25, -0.2) is 14.8 Å². The number of ether oxygens (including phenoxy) is 1. The van der Waals surface area contributed by atoms with E-state index in [1.54, 1.807) is 35.7 Å². The number of alkyl halides is 3. The van der Waals surface area contributed by atoms with Crippen molar-refractivity contribution >= 4 is 45.9 Å². The van der Waals surface area contributed by atoms with E-state index in [9.17, 15) is 22.4 Å². The number of carbonyl (C=O) groups is 1. The van der Waals surface area contributed by atoms with Crippen LogP contribution in [0.25, 0.3) is 0 Å². The highest BCUT2D eigenvalue weighted by atomic mass is 35.5. The fourth-order valence-corrected chi connectivity index (χ4v) is 4.20. The maximum Gasteiger partial charge on any atom is 0.416 e. The Labute approximate surface area is 223 Å². The number of hydrazone groups is 1. The third-order valence-corrected chi connectivity index (χ3v) is 6.08. The van der Waals surface area contributed by atoms with Crippen molar-refractivity contribution in [1.29, 1.82) is 0 Å². The summed E-state index contributed by atoms with van der Waals surface area (Å²) in [4.78, 5) is 16.4. The van der Waals surface area contributed by atoms with E-state index < -0.39 is 17.6 Å². The lowest BCUT2D eigenvalue weighted by Crippen LogP contribution is -2.19. The van der Waals surface area contributed by atoms with Crippen molar-refractivity contribution < 1.29 is 27.1 Å². The largest absolute Gasteiger partial charge is 0.487 e. The first-order chi connectivity index (χ1) is 18.2. The zero-order chi connectivity index (χ0) is 27.1. The first-order valence-corrected chi connectivity index (χ1v) is 12.3. The van der Waals surface area contributed by atoms with E-state index in [-0.39, 0.29) is 24.5 Å². The summed E-state index contributed by atoms with van der Waals surface area (Å²) in [5, 5.41) is 9.02. The Hall–Kier alpha value is -3.96. The highest BCUT2D eigenvalue weighted by molar-refractivity contribution is 7.13. The van der Waals surface area contributed by atoms with Gasteiger partial charge in [0.1, 0.15) is 18.2 Å². The molecule has 0 radical (unpaired) electrons. The third kappa shape index (κ3) is 7.77. The molecule has 2 N–H and O–H groups in total. The number of carbonyl (C=O) groups excluding carboxylic acids is 1. The average Bonchev–Trinajstić information content (AvgIpc) is 3.29. The number of halogens is 5. The molecule has 0 spiro atoms. The molecule has 3 aromatic carbocycles. The van der Waals surface area contributed by atoms with E-state index in [0.717, 1.165) is 23.5 Å². The summed E-state index contributed by atoms with van der Waals surface area (Å²) in [6.07, 6.45) is -3.12. The maximum absolute atomic E-state index is 13.3. The third-order valence-electron chi connectivity index (χ3n) is 4.98. The molecule has 0 saturated carbocycles. The minimum Gasteiger partial charge on any atom is -0.487 e. The smallest absolute Gasteiger partial charge is 0.416 e. The monoisotopic (exact) mass is 562 g/mol. The molecule has 6 nitrogen and oxygen atoms in total. The van der Waals surface area contributed by atoms with Crippen LogP contribution >= 0.6 is 22.9 Å². The van der Waals surface area contributed by atoms with Crippen molar-refractivity contribution in [3.63, 3.8) is 0 Å². The van der Waals surface area contributed by atoms with Crippen LogP contribution in [0.4, 0.5) is 28.4 Å². The normalized spacial score (nSPS) is 11.5. The van der Waals surface area contributed by atoms with Crippen molar-refractivity contribution in [3.8, 4) is 5.75 Å². The quantitative estimate of drug-likeness (QED) is 0.131. The second kappa shape index (κ2) is 12.1. The SMILES string of the molecule is O=C(Cc1csc(Nc2cccc(C(F)(F)F)c2)n1)N/N=C\c1ccc(OCc2cccc(F)c2)c(Cl)c1. The number of amides is 1. The van der Waals surface area contributed by atoms with Gasteiger partial charge < -0.3 is 10.1 Å². The number of hydrogen-bond donors (Lipinski definition) is 2. The molecular weight excluding hydrogens is 544 g/mol. The lowest BCUT2D eigenvalue weighted by atomic mass is 10.2. The van der Waals surface area contributed by atoms with Gasteiger partial charge in [-0.1, -0.05) is 29.8 Å². The summed E-state index contributed by atoms with van der Waals surface area (Å²) in [5.74, 6) is -0.374. The summed E-state index contributed by atoms with van der Waals surface area (Å²) < 4.78 is 57.6. The number of aromatic nitrogens is 1. The topological polar surface area (TPSA) is 75.6 Å². The van der Waals surface area contributed by atoms with Gasteiger partial charge in [-0.05, 0) is 59.7 Å². The Morgan fingerprint density at radius 3 is 2.68 bits per heavy atom. The van der Waals surface area contributed by atoms with Crippen LogP contribution in [0.1, 0.15) is 22.4 Å². The number of nitrogens with zero attached hydrogens (tertiary/aromatic N) is 2. The van der Waals surface area contributed by atoms with Crippen LogP contribution in [0, 0.1) is 5.82 Å². The fourth-order valence-electron chi connectivity index (χ4n) is 3.23. The molecule has 0 bridgehead atoms. The highest BCUT2D eigenvalue weighted by Gasteiger charge is 2.30. The first-order valence-electron chi connectivity index (χ1n) is 11.0. The zero-order valence-electron chi connectivity index (χ0n) is 19.4. The van der Waals surface area contributed by atoms with E-state index in [1.165, 1.54) is 30.5 Å². The van der Waals surface area contributed by atoms with Crippen molar-refractivity contribution in [3.05, 3.63) is 105 Å². The van der Waals surface area contributed by atoms with Gasteiger partial charge in [-0.3, -0.25) is 4.79 Å². The van der Waals surface area contributed by atoms with Crippen LogP contribution in [0.3, 0.4) is 0 Å². The number of hydrogen-bond acceptors (Lipinski definition) is 6. The van der Waals surface area contributed by atoms with Crippen molar-refractivity contribution in [2.45, 2.75) is 19.2 Å². The van der Waals surface area contributed by atoms with Crippen LogP contribution in [0.15, 0.2) is 77.2 Å². The average molecular weight is 563 g/mol. The summed E-state index contributed by atoms with van der Waals surface area (Å²) in [6, 6.07) is 15.7. The van der Waals surface area contributed by atoms with Crippen LogP contribution < -0.4 is 15.5 Å². The van der Waals surface area contributed by atoms with Crippen molar-refractivity contribution in [2.24, 2.45) is 5.10 Å². The fraction of sp³-hybridized carbons (Fsp3) is 0.115. The molecule has 12 heteroatoms. The van der Waals surface area contributed by atoms with Gasteiger partial charge in [-0.15, -0.1) is 11.3 Å². The molecule has 0 saturated heterocycles. The Kier molecular flexibility index (Phi) is 8.59. The van der Waals surface area contributed by atoms with E-state index in [0.29, 0.717) is 32.7 Å². The minimum absolute atomic E-state index is 0.0777. The lowest BCUT2D eigenvalue weighted by molar-refractivity contribution is -0.137. The molecule has 1 heterocycles. The van der Waals surface area contributed by atoms with Gasteiger partial charge in [0, 0.05) is 11.1 Å². The Bertz CT molecular complexity index is 1460. The predicted octanol–water partition coefficient (Wildman–Crippen LogP) is 6.97. The molecule has 4 aromatic rings. The number of thiazole rings is 1. The van der Waals surface area contributed by atoms with Crippen LogP contribution in [0.5, 0.6) is 5.75 Å². The number of benzene rings is 3. The molecule has 38 heavy (non-hydrogen) atoms. The molecule has 1 aromatic heterocycles. The van der Waals surface area contributed by atoms with Gasteiger partial charge in [0.05, 0.1) is 28.9 Å². The van der Waals surface area contributed by atoms with Crippen LogP contribution in [0.2, 0.25) is 5.02 Å². The second-order valence-corrected chi connectivity index (χ2v) is 9.19. The second-order valence-electron chi connectivity index (χ2n) is 7.93. The van der Waals surface area contributed by atoms with Gasteiger partial charge >= 0.3 is 6.18 Å². The van der Waals surface area contributed by atoms with Gasteiger partial charge in [0.2, 0.25) is 5.91 Å². The van der Waals surface area contributed by atoms with Crippen molar-refractivity contribution in [1.82, 2.24) is 10.4 Å². The maximum atomic E-state index is 13.3. The Morgan fingerprint density at radius 1 is 1.11 bits per heavy atom. The van der Waals surface area contributed by atoms with Crippen LogP contribution in [-0.4, -0.2) is 17.1 Å². The molecule has 1 amide bonds. The minimum atomic E-state index is -4.45. The summed E-state index contributed by atoms with van der Waals surface area (Å²) in [6.45, 7) is 0.148. The Balaban J connectivity index is 1.27. The standard InChI is InChI=1S/C26H19ClF4N4O2S/c27-22-10-16(7-8-23(22)37-14-17-3-1-5-19(28)9-17)13-32-35-24(36)12-21-15-38-25(34-21)33-20-6-2-4-18(11-20)26(29,30)31/h1-11,13,15H,12,14H2,(H,33,34)(H,35,36)/b32-13-. The molecule has 0 aliphatic carbocycles. The van der Waals surface area contributed by atoms with Gasteiger partial charge in [-0.2, -0.15) is 18.3 Å². The molecule has 196 valence electrons. The van der Waals surface area contributed by atoms with E-state index in [4.69, 9.17) is 16.3 Å². The molecule has 4 rings (SSSR count). The summed E-state index contributed by atoms with van der Waals surface area (Å²) in [5.41, 5.74) is 3.55. The zero-order valence-corrected chi connectivity index (χ0v) is 21.0. The summed E-state index contributed by atoms with van der Waals surface area (Å²) >= 11 is 7.41. The summed E-state index contributed by atoms with van der Waals surface area (Å²) in [7, 11) is 0. The molecular formula is C26H19ClF4N4O2S. The number of nitrogens with one attached hydrogen (secondary N) is 2. The van der Waals surface area contributed by atoms with E-state index >= 15 is 0 Å². The molecule has 0 unspecified atom stereocenters. The van der Waals surface area contributed by atoms with E-state index in [2.05, 4.69) is 20.8 Å². The molecule has 0 aliphatic heterocycles.